The van der Waals surface area contributed by atoms with Gasteiger partial charge in [0.25, 0.3) is 0 Å². The average Bonchev–Trinajstić information content (AvgIpc) is 2.97. The van der Waals surface area contributed by atoms with Crippen molar-refractivity contribution >= 4 is 5.91 Å². The Morgan fingerprint density at radius 3 is 2.74 bits per heavy atom. The van der Waals surface area contributed by atoms with Crippen molar-refractivity contribution in [3.63, 3.8) is 0 Å². The molecule has 0 saturated carbocycles. The van der Waals surface area contributed by atoms with E-state index in [2.05, 4.69) is 12.2 Å². The molecular weight excluding hydrogens is 236 g/mol. The van der Waals surface area contributed by atoms with Gasteiger partial charge in [-0.2, -0.15) is 0 Å². The molecule has 0 radical (unpaired) electrons. The summed E-state index contributed by atoms with van der Waals surface area (Å²) in [5.74, 6) is 0.185. The van der Waals surface area contributed by atoms with Crippen LogP contribution in [0.15, 0.2) is 30.3 Å². The minimum atomic E-state index is -0.0532. The summed E-state index contributed by atoms with van der Waals surface area (Å²) in [6.45, 7) is 6.78. The van der Waals surface area contributed by atoms with Gasteiger partial charge in [-0.25, -0.2) is 0 Å². The first-order chi connectivity index (χ1) is 9.22. The number of hydrogen-bond acceptors (Lipinski definition) is 2. The summed E-state index contributed by atoms with van der Waals surface area (Å²) in [7, 11) is 0. The van der Waals surface area contributed by atoms with Crippen molar-refractivity contribution in [1.82, 2.24) is 10.2 Å². The van der Waals surface area contributed by atoms with Gasteiger partial charge in [-0.15, -0.1) is 0 Å². The molecule has 1 saturated heterocycles. The molecule has 1 aliphatic rings. The lowest BCUT2D eigenvalue weighted by Gasteiger charge is -2.27. The molecule has 19 heavy (non-hydrogen) atoms. The van der Waals surface area contributed by atoms with Crippen molar-refractivity contribution in [2.45, 2.75) is 38.6 Å². The van der Waals surface area contributed by atoms with Crippen LogP contribution >= 0.6 is 0 Å². The van der Waals surface area contributed by atoms with Crippen molar-refractivity contribution in [3.8, 4) is 0 Å². The third-order valence-electron chi connectivity index (χ3n) is 3.97. The summed E-state index contributed by atoms with van der Waals surface area (Å²) in [4.78, 5) is 14.5. The highest BCUT2D eigenvalue weighted by Crippen LogP contribution is 2.18. The smallest absolute Gasteiger partial charge is 0.229 e. The van der Waals surface area contributed by atoms with Crippen LogP contribution in [0.2, 0.25) is 0 Å². The molecule has 3 nitrogen and oxygen atoms in total. The molecule has 1 N–H and O–H groups in total. The molecule has 1 aromatic rings. The highest BCUT2D eigenvalue weighted by atomic mass is 16.2. The van der Waals surface area contributed by atoms with Gasteiger partial charge in [0.05, 0.1) is 5.92 Å². The van der Waals surface area contributed by atoms with Crippen molar-refractivity contribution in [1.29, 1.82) is 0 Å². The van der Waals surface area contributed by atoms with Crippen molar-refractivity contribution < 1.29 is 4.79 Å². The Hall–Kier alpha value is -1.35. The number of hydrogen-bond donors (Lipinski definition) is 1. The standard InChI is InChI=1S/C16H24N2O/c1-3-18(12-15-10-7-11-17-15)16(19)13(2)14-8-5-4-6-9-14/h4-6,8-9,13,15,17H,3,7,10-12H2,1-2H3. The Labute approximate surface area is 116 Å². The first-order valence-corrected chi connectivity index (χ1v) is 7.29. The second kappa shape index (κ2) is 6.71. The summed E-state index contributed by atoms with van der Waals surface area (Å²) >= 11 is 0. The van der Waals surface area contributed by atoms with Gasteiger partial charge in [0, 0.05) is 19.1 Å². The van der Waals surface area contributed by atoms with Crippen LogP contribution in [-0.2, 0) is 4.79 Å². The third kappa shape index (κ3) is 3.57. The highest BCUT2D eigenvalue weighted by molar-refractivity contribution is 5.83. The maximum atomic E-state index is 12.6. The molecule has 1 aromatic carbocycles. The number of nitrogens with one attached hydrogen (secondary N) is 1. The molecule has 1 aliphatic heterocycles. The number of likely N-dealkylation sites (N-methyl/N-ethyl adjacent to an activating group) is 1. The Kier molecular flexibility index (Phi) is 4.97. The lowest BCUT2D eigenvalue weighted by atomic mass is 9.99. The summed E-state index contributed by atoms with van der Waals surface area (Å²) in [6.07, 6.45) is 2.41. The van der Waals surface area contributed by atoms with Gasteiger partial charge < -0.3 is 10.2 Å². The first-order valence-electron chi connectivity index (χ1n) is 7.29. The molecule has 1 fully saturated rings. The fraction of sp³-hybridized carbons (Fsp3) is 0.562. The number of amides is 1. The second-order valence-corrected chi connectivity index (χ2v) is 5.30. The van der Waals surface area contributed by atoms with Crippen LogP contribution in [0.5, 0.6) is 0 Å². The van der Waals surface area contributed by atoms with Gasteiger partial charge in [-0.05, 0) is 38.8 Å². The zero-order chi connectivity index (χ0) is 13.7. The monoisotopic (exact) mass is 260 g/mol. The van der Waals surface area contributed by atoms with E-state index in [1.807, 2.05) is 42.2 Å². The SMILES string of the molecule is CCN(CC1CCCN1)C(=O)C(C)c1ccccc1. The van der Waals surface area contributed by atoms with E-state index in [4.69, 9.17) is 0 Å². The molecule has 0 bridgehead atoms. The topological polar surface area (TPSA) is 32.3 Å². The van der Waals surface area contributed by atoms with Crippen molar-refractivity contribution in [2.75, 3.05) is 19.6 Å². The average molecular weight is 260 g/mol. The van der Waals surface area contributed by atoms with Crippen LogP contribution in [0, 0.1) is 0 Å². The normalized spacial score (nSPS) is 20.2. The van der Waals surface area contributed by atoms with Crippen LogP contribution in [0.3, 0.4) is 0 Å². The lowest BCUT2D eigenvalue weighted by molar-refractivity contribution is -0.132. The molecule has 3 heteroatoms. The zero-order valence-corrected chi connectivity index (χ0v) is 11.9. The van der Waals surface area contributed by atoms with Gasteiger partial charge in [-0.3, -0.25) is 4.79 Å². The molecule has 0 aromatic heterocycles. The predicted octanol–water partition coefficient (Wildman–Crippen LogP) is 2.39. The molecule has 104 valence electrons. The molecule has 2 rings (SSSR count). The maximum Gasteiger partial charge on any atom is 0.229 e. The van der Waals surface area contributed by atoms with Gasteiger partial charge in [0.1, 0.15) is 0 Å². The van der Waals surface area contributed by atoms with Gasteiger partial charge in [-0.1, -0.05) is 30.3 Å². The minimum Gasteiger partial charge on any atom is -0.341 e. The van der Waals surface area contributed by atoms with E-state index < -0.39 is 0 Å². The van der Waals surface area contributed by atoms with Crippen LogP contribution < -0.4 is 5.32 Å². The minimum absolute atomic E-state index is 0.0532. The summed E-state index contributed by atoms with van der Waals surface area (Å²) in [5, 5.41) is 3.46. The summed E-state index contributed by atoms with van der Waals surface area (Å²) < 4.78 is 0. The van der Waals surface area contributed by atoms with Crippen LogP contribution in [0.25, 0.3) is 0 Å². The lowest BCUT2D eigenvalue weighted by Crippen LogP contribution is -2.42. The Morgan fingerprint density at radius 2 is 2.16 bits per heavy atom. The van der Waals surface area contributed by atoms with E-state index in [0.29, 0.717) is 6.04 Å². The van der Waals surface area contributed by atoms with Crippen molar-refractivity contribution in [3.05, 3.63) is 35.9 Å². The Bertz CT molecular complexity index is 398. The second-order valence-electron chi connectivity index (χ2n) is 5.30. The molecule has 2 atom stereocenters. The third-order valence-corrected chi connectivity index (χ3v) is 3.97. The largest absolute Gasteiger partial charge is 0.341 e. The quantitative estimate of drug-likeness (QED) is 0.881. The zero-order valence-electron chi connectivity index (χ0n) is 11.9. The highest BCUT2D eigenvalue weighted by Gasteiger charge is 2.24. The van der Waals surface area contributed by atoms with E-state index >= 15 is 0 Å². The van der Waals surface area contributed by atoms with E-state index in [0.717, 1.165) is 25.2 Å². The Balaban J connectivity index is 1.99. The Morgan fingerprint density at radius 1 is 1.42 bits per heavy atom. The number of carbonyl (C=O) groups is 1. The first kappa shape index (κ1) is 14.1. The molecule has 0 aliphatic carbocycles. The maximum absolute atomic E-state index is 12.6. The summed E-state index contributed by atoms with van der Waals surface area (Å²) in [5.41, 5.74) is 1.10. The van der Waals surface area contributed by atoms with Gasteiger partial charge in [0.15, 0.2) is 0 Å². The number of rotatable bonds is 5. The van der Waals surface area contributed by atoms with E-state index in [1.165, 1.54) is 12.8 Å². The van der Waals surface area contributed by atoms with Crippen LogP contribution in [-0.4, -0.2) is 36.5 Å². The molecule has 0 spiro atoms. The summed E-state index contributed by atoms with van der Waals surface area (Å²) in [6, 6.07) is 10.5. The fourth-order valence-electron chi connectivity index (χ4n) is 2.71. The molecular formula is C16H24N2O. The fourth-order valence-corrected chi connectivity index (χ4v) is 2.71. The number of nitrogens with zero attached hydrogens (tertiary/aromatic N) is 1. The number of carbonyl (C=O) groups excluding carboxylic acids is 1. The van der Waals surface area contributed by atoms with E-state index in [9.17, 15) is 4.79 Å². The van der Waals surface area contributed by atoms with Gasteiger partial charge >= 0.3 is 0 Å². The van der Waals surface area contributed by atoms with Crippen LogP contribution in [0.1, 0.15) is 38.2 Å². The van der Waals surface area contributed by atoms with E-state index in [-0.39, 0.29) is 11.8 Å². The molecule has 1 amide bonds. The van der Waals surface area contributed by atoms with Crippen LogP contribution in [0.4, 0.5) is 0 Å². The molecule has 2 unspecified atom stereocenters. The van der Waals surface area contributed by atoms with Crippen molar-refractivity contribution in [2.24, 2.45) is 0 Å². The van der Waals surface area contributed by atoms with Gasteiger partial charge in [0.2, 0.25) is 5.91 Å². The predicted molar refractivity (Wildman–Crippen MR) is 78.1 cm³/mol. The number of benzene rings is 1. The molecule has 1 heterocycles. The van der Waals surface area contributed by atoms with E-state index in [1.54, 1.807) is 0 Å².